The van der Waals surface area contributed by atoms with Crippen molar-refractivity contribution in [2.45, 2.75) is 20.8 Å². The maximum absolute atomic E-state index is 4.39. The van der Waals surface area contributed by atoms with Gasteiger partial charge in [-0.2, -0.15) is 0 Å². The Bertz CT molecular complexity index is 622. The molecule has 0 atom stereocenters. The molecular formula is C18H19N3. The van der Waals surface area contributed by atoms with Crippen LogP contribution in [-0.4, -0.2) is 15.0 Å². The zero-order valence-corrected chi connectivity index (χ0v) is 12.6. The van der Waals surface area contributed by atoms with Gasteiger partial charge in [-0.15, -0.1) is 0 Å². The number of nitrogens with zero attached hydrogens (tertiary/aromatic N) is 3. The van der Waals surface area contributed by atoms with Crippen molar-refractivity contribution in [1.29, 1.82) is 0 Å². The van der Waals surface area contributed by atoms with Gasteiger partial charge in [0.1, 0.15) is 6.33 Å². The SMILES string of the molecule is CC.Cc1cc(-c2cncnc2)cc(-c2ccccn2)c1. The van der Waals surface area contributed by atoms with Gasteiger partial charge in [-0.25, -0.2) is 9.97 Å². The van der Waals surface area contributed by atoms with Crippen molar-refractivity contribution in [2.75, 3.05) is 0 Å². The summed E-state index contributed by atoms with van der Waals surface area (Å²) in [6, 6.07) is 12.3. The first-order chi connectivity index (χ1) is 10.3. The third-order valence-corrected chi connectivity index (χ3v) is 2.93. The van der Waals surface area contributed by atoms with Gasteiger partial charge in [0.25, 0.3) is 0 Å². The maximum atomic E-state index is 4.39. The van der Waals surface area contributed by atoms with E-state index in [-0.39, 0.29) is 0 Å². The van der Waals surface area contributed by atoms with Crippen LogP contribution in [0.3, 0.4) is 0 Å². The molecular weight excluding hydrogens is 258 g/mol. The predicted molar refractivity (Wildman–Crippen MR) is 86.8 cm³/mol. The molecule has 3 nitrogen and oxygen atoms in total. The molecule has 0 bridgehead atoms. The molecule has 3 rings (SSSR count). The normalized spacial score (nSPS) is 9.67. The standard InChI is InChI=1S/C16H13N3.C2H6/c1-12-6-13(15-9-17-11-18-10-15)8-14(7-12)16-4-2-3-5-19-16;1-2/h2-11H,1H3;1-2H3. The molecule has 0 aliphatic heterocycles. The highest BCUT2D eigenvalue weighted by molar-refractivity contribution is 5.71. The van der Waals surface area contributed by atoms with Crippen LogP contribution in [0.4, 0.5) is 0 Å². The minimum absolute atomic E-state index is 0.976. The van der Waals surface area contributed by atoms with Crippen LogP contribution >= 0.6 is 0 Å². The molecule has 0 aliphatic rings. The molecule has 2 aromatic heterocycles. The third-order valence-electron chi connectivity index (χ3n) is 2.93. The van der Waals surface area contributed by atoms with Gasteiger partial charge in [0.05, 0.1) is 5.69 Å². The fourth-order valence-electron chi connectivity index (χ4n) is 2.08. The van der Waals surface area contributed by atoms with Gasteiger partial charge in [-0.3, -0.25) is 4.98 Å². The van der Waals surface area contributed by atoms with Crippen molar-refractivity contribution in [3.8, 4) is 22.4 Å². The largest absolute Gasteiger partial charge is 0.256 e. The van der Waals surface area contributed by atoms with Crippen molar-refractivity contribution in [2.24, 2.45) is 0 Å². The number of benzene rings is 1. The predicted octanol–water partition coefficient (Wildman–Crippen LogP) is 4.54. The zero-order valence-electron chi connectivity index (χ0n) is 12.6. The molecule has 0 amide bonds. The lowest BCUT2D eigenvalue weighted by molar-refractivity contribution is 1.17. The van der Waals surface area contributed by atoms with Gasteiger partial charge >= 0.3 is 0 Å². The lowest BCUT2D eigenvalue weighted by atomic mass is 10.0. The first-order valence-electron chi connectivity index (χ1n) is 7.11. The smallest absolute Gasteiger partial charge is 0.115 e. The monoisotopic (exact) mass is 277 g/mol. The second-order valence-corrected chi connectivity index (χ2v) is 4.43. The fraction of sp³-hybridized carbons (Fsp3) is 0.167. The van der Waals surface area contributed by atoms with Gasteiger partial charge in [0, 0.05) is 29.7 Å². The number of pyridine rings is 1. The van der Waals surface area contributed by atoms with E-state index in [1.807, 2.05) is 50.6 Å². The van der Waals surface area contributed by atoms with Crippen LogP contribution in [-0.2, 0) is 0 Å². The Labute approximate surface area is 125 Å². The Balaban J connectivity index is 0.000000774. The van der Waals surface area contributed by atoms with Crippen LogP contribution in [0.5, 0.6) is 0 Å². The molecule has 0 fully saturated rings. The highest BCUT2D eigenvalue weighted by atomic mass is 14.8. The van der Waals surface area contributed by atoms with E-state index in [0.717, 1.165) is 22.4 Å². The number of hydrogen-bond acceptors (Lipinski definition) is 3. The molecule has 0 radical (unpaired) electrons. The molecule has 0 spiro atoms. The van der Waals surface area contributed by atoms with E-state index >= 15 is 0 Å². The molecule has 0 aliphatic carbocycles. The number of aryl methyl sites for hydroxylation is 1. The molecule has 0 saturated carbocycles. The molecule has 0 saturated heterocycles. The van der Waals surface area contributed by atoms with Crippen LogP contribution in [0, 0.1) is 6.92 Å². The van der Waals surface area contributed by atoms with Gasteiger partial charge in [0.15, 0.2) is 0 Å². The van der Waals surface area contributed by atoms with Crippen molar-refractivity contribution < 1.29 is 0 Å². The topological polar surface area (TPSA) is 38.7 Å². The van der Waals surface area contributed by atoms with Gasteiger partial charge in [-0.05, 0) is 42.3 Å². The summed E-state index contributed by atoms with van der Waals surface area (Å²) >= 11 is 0. The number of hydrogen-bond donors (Lipinski definition) is 0. The first-order valence-corrected chi connectivity index (χ1v) is 7.11. The lowest BCUT2D eigenvalue weighted by Gasteiger charge is -2.07. The zero-order chi connectivity index (χ0) is 15.1. The van der Waals surface area contributed by atoms with E-state index in [9.17, 15) is 0 Å². The minimum Gasteiger partial charge on any atom is -0.256 e. The van der Waals surface area contributed by atoms with Gasteiger partial charge in [0.2, 0.25) is 0 Å². The Hall–Kier alpha value is -2.55. The summed E-state index contributed by atoms with van der Waals surface area (Å²) in [6.07, 6.45) is 7.00. The van der Waals surface area contributed by atoms with E-state index in [4.69, 9.17) is 0 Å². The van der Waals surface area contributed by atoms with Crippen molar-refractivity contribution in [3.63, 3.8) is 0 Å². The molecule has 2 heterocycles. The van der Waals surface area contributed by atoms with Gasteiger partial charge < -0.3 is 0 Å². The summed E-state index contributed by atoms with van der Waals surface area (Å²) in [7, 11) is 0. The molecule has 3 heteroatoms. The summed E-state index contributed by atoms with van der Waals surface area (Å²) < 4.78 is 0. The van der Waals surface area contributed by atoms with E-state index in [1.54, 1.807) is 6.33 Å². The maximum Gasteiger partial charge on any atom is 0.115 e. The Morgan fingerprint density at radius 2 is 1.52 bits per heavy atom. The van der Waals surface area contributed by atoms with Crippen molar-refractivity contribution >= 4 is 0 Å². The summed E-state index contributed by atoms with van der Waals surface area (Å²) in [5.41, 5.74) is 5.41. The van der Waals surface area contributed by atoms with Crippen LogP contribution < -0.4 is 0 Å². The highest BCUT2D eigenvalue weighted by Gasteiger charge is 2.04. The van der Waals surface area contributed by atoms with Crippen LogP contribution in [0.2, 0.25) is 0 Å². The minimum atomic E-state index is 0.976. The molecule has 21 heavy (non-hydrogen) atoms. The van der Waals surface area contributed by atoms with E-state index in [1.165, 1.54) is 5.56 Å². The van der Waals surface area contributed by atoms with Crippen LogP contribution in [0.25, 0.3) is 22.4 Å². The quantitative estimate of drug-likeness (QED) is 0.690. The number of aromatic nitrogens is 3. The first kappa shape index (κ1) is 14.9. The molecule has 0 unspecified atom stereocenters. The highest BCUT2D eigenvalue weighted by Crippen LogP contribution is 2.26. The second kappa shape index (κ2) is 7.29. The average Bonchev–Trinajstić information content (AvgIpc) is 2.58. The lowest BCUT2D eigenvalue weighted by Crippen LogP contribution is -1.87. The van der Waals surface area contributed by atoms with Crippen LogP contribution in [0.1, 0.15) is 19.4 Å². The van der Waals surface area contributed by atoms with Crippen LogP contribution in [0.15, 0.2) is 61.3 Å². The van der Waals surface area contributed by atoms with E-state index < -0.39 is 0 Å². The molecule has 1 aromatic carbocycles. The summed E-state index contributed by atoms with van der Waals surface area (Å²) in [5, 5.41) is 0. The summed E-state index contributed by atoms with van der Waals surface area (Å²) in [5.74, 6) is 0. The average molecular weight is 277 g/mol. The molecule has 0 N–H and O–H groups in total. The van der Waals surface area contributed by atoms with Crippen molar-refractivity contribution in [3.05, 3.63) is 66.9 Å². The Morgan fingerprint density at radius 3 is 2.19 bits per heavy atom. The number of rotatable bonds is 2. The Kier molecular flexibility index (Phi) is 5.16. The molecule has 3 aromatic rings. The van der Waals surface area contributed by atoms with Crippen molar-refractivity contribution in [1.82, 2.24) is 15.0 Å². The Morgan fingerprint density at radius 1 is 0.810 bits per heavy atom. The van der Waals surface area contributed by atoms with E-state index in [0.29, 0.717) is 0 Å². The fourth-order valence-corrected chi connectivity index (χ4v) is 2.08. The molecule has 106 valence electrons. The van der Waals surface area contributed by atoms with Gasteiger partial charge in [-0.1, -0.05) is 26.0 Å². The van der Waals surface area contributed by atoms with E-state index in [2.05, 4.69) is 40.1 Å². The summed E-state index contributed by atoms with van der Waals surface area (Å²) in [4.78, 5) is 12.5. The second-order valence-electron chi connectivity index (χ2n) is 4.43. The summed E-state index contributed by atoms with van der Waals surface area (Å²) in [6.45, 7) is 6.08. The third kappa shape index (κ3) is 3.72.